The molecule has 0 fully saturated rings. The van der Waals surface area contributed by atoms with E-state index < -0.39 is 0 Å². The number of fused-ring (bicyclic) bond motifs is 2. The smallest absolute Gasteiger partial charge is 0.212 e. The fraction of sp³-hybridized carbons (Fsp3) is 0.160. The van der Waals surface area contributed by atoms with E-state index in [0.717, 1.165) is 13.1 Å². The highest BCUT2D eigenvalue weighted by Crippen LogP contribution is 2.30. The molecular weight excluding hydrogens is 364 g/mol. The second kappa shape index (κ2) is 8.90. The average molecular weight is 390 g/mol. The van der Waals surface area contributed by atoms with E-state index in [1.807, 2.05) is 0 Å². The molecule has 4 rings (SSSR count). The molecule has 0 aliphatic carbocycles. The summed E-state index contributed by atoms with van der Waals surface area (Å²) in [4.78, 5) is 2.36. The van der Waals surface area contributed by atoms with E-state index in [9.17, 15) is 0 Å². The van der Waals surface area contributed by atoms with Crippen molar-refractivity contribution in [1.29, 1.82) is 0 Å². The lowest BCUT2D eigenvalue weighted by molar-refractivity contribution is -0.669. The molecule has 0 bridgehead atoms. The summed E-state index contributed by atoms with van der Waals surface area (Å²) in [6.07, 6.45) is 11.0. The zero-order chi connectivity index (χ0) is 18.6. The zero-order valence-corrected chi connectivity index (χ0v) is 17.2. The van der Waals surface area contributed by atoms with Gasteiger partial charge in [0.15, 0.2) is 0 Å². The van der Waals surface area contributed by atoms with Crippen molar-refractivity contribution in [3.8, 4) is 0 Å². The molecule has 0 saturated heterocycles. The summed E-state index contributed by atoms with van der Waals surface area (Å²) >= 11 is 0. The minimum absolute atomic E-state index is 0. The van der Waals surface area contributed by atoms with E-state index >= 15 is 0 Å². The van der Waals surface area contributed by atoms with Crippen molar-refractivity contribution in [3.63, 3.8) is 0 Å². The van der Waals surface area contributed by atoms with Gasteiger partial charge in [-0.3, -0.25) is 0 Å². The summed E-state index contributed by atoms with van der Waals surface area (Å²) in [6.45, 7) is 6.29. The monoisotopic (exact) mass is 389 g/mol. The van der Waals surface area contributed by atoms with Gasteiger partial charge in [-0.1, -0.05) is 42.5 Å². The molecule has 28 heavy (non-hydrogen) atoms. The van der Waals surface area contributed by atoms with Crippen molar-refractivity contribution in [2.45, 2.75) is 20.4 Å². The molecule has 0 unspecified atom stereocenters. The number of rotatable bonds is 4. The number of aryl methyl sites for hydroxylation is 1. The van der Waals surface area contributed by atoms with Gasteiger partial charge in [-0.25, -0.2) is 0 Å². The summed E-state index contributed by atoms with van der Waals surface area (Å²) in [5, 5.41) is 1.28. The van der Waals surface area contributed by atoms with Crippen molar-refractivity contribution in [2.24, 2.45) is 0 Å². The number of benzene rings is 2. The normalized spacial score (nSPS) is 14.5. The number of para-hydroxylation sites is 2. The molecule has 0 amide bonds. The largest absolute Gasteiger partial charge is 0.341 e. The van der Waals surface area contributed by atoms with Crippen LogP contribution in [-0.2, 0) is 6.54 Å². The van der Waals surface area contributed by atoms with Gasteiger partial charge in [-0.2, -0.15) is 4.57 Å². The molecule has 142 valence electrons. The molecule has 1 aliphatic rings. The van der Waals surface area contributed by atoms with Crippen LogP contribution in [0, 0.1) is 0 Å². The Morgan fingerprint density at radius 3 is 2.50 bits per heavy atom. The summed E-state index contributed by atoms with van der Waals surface area (Å²) in [5.74, 6) is 0. The van der Waals surface area contributed by atoms with Crippen LogP contribution in [0.4, 0.5) is 5.69 Å². The molecule has 3 heteroatoms. The molecule has 3 aromatic rings. The van der Waals surface area contributed by atoms with Crippen molar-refractivity contribution in [3.05, 3.63) is 95.8 Å². The third-order valence-electron chi connectivity index (χ3n) is 5.11. The molecule has 0 radical (unpaired) electrons. The average Bonchev–Trinajstić information content (AvgIpc) is 2.73. The molecule has 0 atom stereocenters. The maximum atomic E-state index is 2.36. The van der Waals surface area contributed by atoms with Crippen LogP contribution in [0.1, 0.15) is 25.1 Å². The number of halogens is 1. The van der Waals surface area contributed by atoms with Crippen LogP contribution >= 0.6 is 12.4 Å². The van der Waals surface area contributed by atoms with E-state index in [4.69, 9.17) is 0 Å². The molecule has 2 aromatic carbocycles. The first-order chi connectivity index (χ1) is 13.3. The van der Waals surface area contributed by atoms with Crippen LogP contribution in [0.5, 0.6) is 0 Å². The minimum Gasteiger partial charge on any atom is -0.341 e. The fourth-order valence-electron chi connectivity index (χ4n) is 3.80. The van der Waals surface area contributed by atoms with Crippen LogP contribution in [0.3, 0.4) is 0 Å². The molecule has 0 saturated carbocycles. The predicted molar refractivity (Wildman–Crippen MR) is 123 cm³/mol. The molecular formula is C25H26ClN2+. The molecule has 1 aromatic heterocycles. The first-order valence-electron chi connectivity index (χ1n) is 9.66. The Balaban J connectivity index is 0.00000225. The first kappa shape index (κ1) is 19.9. The third kappa shape index (κ3) is 3.74. The second-order valence-corrected chi connectivity index (χ2v) is 6.65. The second-order valence-electron chi connectivity index (χ2n) is 6.65. The van der Waals surface area contributed by atoms with Crippen molar-refractivity contribution >= 4 is 41.1 Å². The maximum absolute atomic E-state index is 2.36. The molecule has 1 aliphatic heterocycles. The summed E-state index contributed by atoms with van der Waals surface area (Å²) in [7, 11) is 0. The number of aromatic nitrogens is 1. The molecule has 2 heterocycles. The van der Waals surface area contributed by atoms with Gasteiger partial charge < -0.3 is 4.90 Å². The summed E-state index contributed by atoms with van der Waals surface area (Å²) in [6, 6.07) is 21.5. The number of anilines is 1. The highest BCUT2D eigenvalue weighted by molar-refractivity contribution is 5.85. The predicted octanol–water partition coefficient (Wildman–Crippen LogP) is 6.02. The number of nitrogens with zero attached hydrogens (tertiary/aromatic N) is 2. The van der Waals surface area contributed by atoms with E-state index in [1.54, 1.807) is 0 Å². The highest BCUT2D eigenvalue weighted by atomic mass is 35.5. The standard InChI is InChI=1S/C25H25N2.ClH/c1-3-26-22(18-16-20-10-5-7-14-24(20)26)12-9-13-23-19-17-21-11-6-8-15-25(21)27(23)4-2;/h5-19H,3-4H2,1-2H3;1H/q+1;. The van der Waals surface area contributed by atoms with Crippen LogP contribution in [0.25, 0.3) is 23.1 Å². The minimum atomic E-state index is 0. The Morgan fingerprint density at radius 1 is 0.893 bits per heavy atom. The van der Waals surface area contributed by atoms with Gasteiger partial charge in [0.25, 0.3) is 0 Å². The number of pyridine rings is 1. The number of allylic oxidation sites excluding steroid dienone is 3. The fourth-order valence-corrected chi connectivity index (χ4v) is 3.80. The lowest BCUT2D eigenvalue weighted by atomic mass is 10.1. The van der Waals surface area contributed by atoms with E-state index in [-0.39, 0.29) is 12.4 Å². The van der Waals surface area contributed by atoms with E-state index in [2.05, 4.69) is 114 Å². The van der Waals surface area contributed by atoms with Gasteiger partial charge in [0, 0.05) is 41.5 Å². The Bertz CT molecular complexity index is 1060. The van der Waals surface area contributed by atoms with Crippen LogP contribution < -0.4 is 9.47 Å². The van der Waals surface area contributed by atoms with Crippen LogP contribution in [0.2, 0.25) is 0 Å². The quantitative estimate of drug-likeness (QED) is 0.495. The Labute approximate surface area is 173 Å². The molecule has 2 nitrogen and oxygen atoms in total. The van der Waals surface area contributed by atoms with Gasteiger partial charge in [0.2, 0.25) is 11.2 Å². The highest BCUT2D eigenvalue weighted by Gasteiger charge is 2.15. The van der Waals surface area contributed by atoms with Gasteiger partial charge >= 0.3 is 0 Å². The van der Waals surface area contributed by atoms with Crippen molar-refractivity contribution in [2.75, 3.05) is 11.4 Å². The van der Waals surface area contributed by atoms with Gasteiger partial charge in [0.05, 0.1) is 0 Å². The van der Waals surface area contributed by atoms with E-state index in [0.29, 0.717) is 0 Å². The Hall–Kier alpha value is -2.84. The SMILES string of the molecule is CCN1C(=CC=Cc2ccc3ccccc3[n+]2CC)C=Cc2ccccc21.Cl. The molecule has 0 N–H and O–H groups in total. The van der Waals surface area contributed by atoms with Crippen LogP contribution in [0.15, 0.2) is 84.6 Å². The topological polar surface area (TPSA) is 7.12 Å². The van der Waals surface area contributed by atoms with Crippen molar-refractivity contribution < 1.29 is 4.57 Å². The number of likely N-dealkylation sites (N-methyl/N-ethyl adjacent to an activating group) is 1. The van der Waals surface area contributed by atoms with Gasteiger partial charge in [0.1, 0.15) is 6.54 Å². The van der Waals surface area contributed by atoms with Gasteiger partial charge in [-0.05, 0) is 49.8 Å². The Kier molecular flexibility index (Phi) is 6.33. The van der Waals surface area contributed by atoms with Gasteiger partial charge in [-0.15, -0.1) is 12.4 Å². The third-order valence-corrected chi connectivity index (χ3v) is 5.11. The lowest BCUT2D eigenvalue weighted by Gasteiger charge is -2.29. The maximum Gasteiger partial charge on any atom is 0.212 e. The summed E-state index contributed by atoms with van der Waals surface area (Å²) < 4.78 is 2.36. The van der Waals surface area contributed by atoms with E-state index in [1.165, 1.54) is 33.5 Å². The zero-order valence-electron chi connectivity index (χ0n) is 16.4. The Morgan fingerprint density at radius 2 is 1.68 bits per heavy atom. The number of hydrogen-bond donors (Lipinski definition) is 0. The molecule has 0 spiro atoms. The van der Waals surface area contributed by atoms with Crippen LogP contribution in [-0.4, -0.2) is 6.54 Å². The number of hydrogen-bond acceptors (Lipinski definition) is 1. The summed E-state index contributed by atoms with van der Waals surface area (Å²) in [5.41, 5.74) is 6.26. The lowest BCUT2D eigenvalue weighted by Crippen LogP contribution is -2.36. The first-order valence-corrected chi connectivity index (χ1v) is 9.66. The van der Waals surface area contributed by atoms with Crippen molar-refractivity contribution in [1.82, 2.24) is 0 Å².